The van der Waals surface area contributed by atoms with Gasteiger partial charge in [-0.3, -0.25) is 0 Å². The number of allylic oxidation sites excluding steroid dienone is 1. The summed E-state index contributed by atoms with van der Waals surface area (Å²) in [5, 5.41) is 8.97. The Morgan fingerprint density at radius 3 is 2.81 bits per heavy atom. The number of nitrogens with zero attached hydrogens (tertiary/aromatic N) is 1. The number of rotatable bonds is 5. The van der Waals surface area contributed by atoms with Gasteiger partial charge in [0, 0.05) is 6.54 Å². The van der Waals surface area contributed by atoms with Crippen LogP contribution < -0.4 is 4.72 Å². The van der Waals surface area contributed by atoms with Crippen molar-refractivity contribution in [2.24, 2.45) is 0 Å². The summed E-state index contributed by atoms with van der Waals surface area (Å²) in [6.45, 7) is 0.348. The predicted molar refractivity (Wildman–Crippen MR) is 82.5 cm³/mol. The summed E-state index contributed by atoms with van der Waals surface area (Å²) in [6, 6.07) is 6.13. The van der Waals surface area contributed by atoms with Gasteiger partial charge in [0.1, 0.15) is 4.90 Å². The summed E-state index contributed by atoms with van der Waals surface area (Å²) in [4.78, 5) is -0.0409. The lowest BCUT2D eigenvalue weighted by molar-refractivity contribution is 0.579. The van der Waals surface area contributed by atoms with Crippen LogP contribution in [0.3, 0.4) is 0 Å². The molecule has 0 spiro atoms. The molecule has 1 aromatic rings. The molecule has 0 atom stereocenters. The molecule has 0 bridgehead atoms. The molecule has 6 heteroatoms. The molecule has 2 rings (SSSR count). The zero-order valence-corrected chi connectivity index (χ0v) is 13.2. The van der Waals surface area contributed by atoms with Crippen molar-refractivity contribution in [3.05, 3.63) is 40.4 Å². The largest absolute Gasteiger partial charge is 0.242 e. The highest BCUT2D eigenvalue weighted by atomic mass is 35.5. The minimum Gasteiger partial charge on any atom is -0.211 e. The molecular formula is C15H17ClN2O2S. The van der Waals surface area contributed by atoms with Gasteiger partial charge >= 0.3 is 0 Å². The third kappa shape index (κ3) is 4.31. The number of sulfonamides is 1. The number of benzene rings is 1. The maximum atomic E-state index is 12.2. The number of halogens is 1. The molecule has 4 nitrogen and oxygen atoms in total. The maximum absolute atomic E-state index is 12.2. The smallest absolute Gasteiger partial charge is 0.211 e. The molecule has 0 saturated carbocycles. The predicted octanol–water partition coefficient (Wildman–Crippen LogP) is 3.38. The van der Waals surface area contributed by atoms with Crippen molar-refractivity contribution < 1.29 is 8.42 Å². The highest BCUT2D eigenvalue weighted by molar-refractivity contribution is 7.89. The minimum atomic E-state index is -3.68. The molecule has 0 radical (unpaired) electrons. The first-order valence-corrected chi connectivity index (χ1v) is 8.76. The number of nitrogens with one attached hydrogen (secondary N) is 1. The van der Waals surface area contributed by atoms with Gasteiger partial charge in [-0.25, -0.2) is 13.1 Å². The molecule has 0 heterocycles. The van der Waals surface area contributed by atoms with Crippen molar-refractivity contribution in [1.29, 1.82) is 5.26 Å². The van der Waals surface area contributed by atoms with Crippen LogP contribution in [0.4, 0.5) is 0 Å². The SMILES string of the molecule is N#Cc1ccc(Cl)c(S(=O)(=O)NCCC2=CCCCC2)c1. The fourth-order valence-corrected chi connectivity index (χ4v) is 3.89. The molecule has 0 saturated heterocycles. The van der Waals surface area contributed by atoms with Crippen LogP contribution in [-0.2, 0) is 10.0 Å². The van der Waals surface area contributed by atoms with E-state index >= 15 is 0 Å². The third-order valence-corrected chi connectivity index (χ3v) is 5.42. The van der Waals surface area contributed by atoms with Gasteiger partial charge in [-0.1, -0.05) is 23.3 Å². The second kappa shape index (κ2) is 7.08. The summed E-state index contributed by atoms with van der Waals surface area (Å²) in [6.07, 6.45) is 7.43. The lowest BCUT2D eigenvalue weighted by Gasteiger charge is -2.13. The van der Waals surface area contributed by atoms with Crippen LogP contribution in [0.25, 0.3) is 0 Å². The monoisotopic (exact) mass is 324 g/mol. The van der Waals surface area contributed by atoms with Crippen LogP contribution in [0, 0.1) is 11.3 Å². The van der Waals surface area contributed by atoms with Gasteiger partial charge in [0.15, 0.2) is 0 Å². The van der Waals surface area contributed by atoms with Crippen molar-refractivity contribution in [2.75, 3.05) is 6.54 Å². The van der Waals surface area contributed by atoms with Gasteiger partial charge in [0.05, 0.1) is 16.7 Å². The Balaban J connectivity index is 2.05. The van der Waals surface area contributed by atoms with Crippen molar-refractivity contribution >= 4 is 21.6 Å². The second-order valence-corrected chi connectivity index (χ2v) is 7.16. The lowest BCUT2D eigenvalue weighted by Crippen LogP contribution is -2.25. The van der Waals surface area contributed by atoms with Crippen molar-refractivity contribution in [3.63, 3.8) is 0 Å². The summed E-state index contributed by atoms with van der Waals surface area (Å²) in [5.41, 5.74) is 1.58. The van der Waals surface area contributed by atoms with Crippen LogP contribution in [0.1, 0.15) is 37.7 Å². The third-order valence-electron chi connectivity index (χ3n) is 3.47. The van der Waals surface area contributed by atoms with E-state index in [2.05, 4.69) is 10.8 Å². The molecule has 0 aromatic heterocycles. The van der Waals surface area contributed by atoms with Gasteiger partial charge in [-0.15, -0.1) is 0 Å². The normalized spacial score (nSPS) is 15.3. The van der Waals surface area contributed by atoms with E-state index in [4.69, 9.17) is 16.9 Å². The van der Waals surface area contributed by atoms with Crippen molar-refractivity contribution in [3.8, 4) is 6.07 Å². The van der Waals surface area contributed by atoms with Gasteiger partial charge in [-0.2, -0.15) is 5.26 Å². The molecule has 112 valence electrons. The topological polar surface area (TPSA) is 70.0 Å². The van der Waals surface area contributed by atoms with Gasteiger partial charge in [-0.05, 0) is 50.3 Å². The first-order chi connectivity index (χ1) is 10.0. The standard InChI is InChI=1S/C15H17ClN2O2S/c16-14-7-6-13(11-17)10-15(14)21(19,20)18-9-8-12-4-2-1-3-5-12/h4,6-7,10,18H,1-3,5,8-9H2. The van der Waals surface area contributed by atoms with Crippen molar-refractivity contribution in [2.45, 2.75) is 37.0 Å². The molecule has 21 heavy (non-hydrogen) atoms. The highest BCUT2D eigenvalue weighted by Crippen LogP contribution is 2.23. The van der Waals surface area contributed by atoms with E-state index in [1.54, 1.807) is 0 Å². The Labute approximate surface area is 130 Å². The molecule has 0 fully saturated rings. The summed E-state index contributed by atoms with van der Waals surface area (Å²) >= 11 is 5.93. The van der Waals surface area contributed by atoms with Crippen molar-refractivity contribution in [1.82, 2.24) is 4.72 Å². The van der Waals surface area contributed by atoms with E-state index < -0.39 is 10.0 Å². The fourth-order valence-electron chi connectivity index (χ4n) is 2.33. The molecular weight excluding hydrogens is 308 g/mol. The average Bonchev–Trinajstić information content (AvgIpc) is 2.48. The van der Waals surface area contributed by atoms with Crippen LogP contribution in [0.15, 0.2) is 34.7 Å². The zero-order valence-electron chi connectivity index (χ0n) is 11.6. The maximum Gasteiger partial charge on any atom is 0.242 e. The summed E-state index contributed by atoms with van der Waals surface area (Å²) in [5.74, 6) is 0. The average molecular weight is 325 g/mol. The number of hydrogen-bond acceptors (Lipinski definition) is 3. The van der Waals surface area contributed by atoms with E-state index in [0.717, 1.165) is 19.3 Å². The summed E-state index contributed by atoms with van der Waals surface area (Å²) in [7, 11) is -3.68. The Kier molecular flexibility index (Phi) is 5.40. The van der Waals surface area contributed by atoms with E-state index in [1.807, 2.05) is 6.07 Å². The van der Waals surface area contributed by atoms with E-state index in [9.17, 15) is 8.42 Å². The highest BCUT2D eigenvalue weighted by Gasteiger charge is 2.18. The Morgan fingerprint density at radius 1 is 1.33 bits per heavy atom. The van der Waals surface area contributed by atoms with Crippen LogP contribution in [0.5, 0.6) is 0 Å². The first-order valence-electron chi connectivity index (χ1n) is 6.90. The molecule has 0 unspecified atom stereocenters. The van der Waals surface area contributed by atoms with E-state index in [-0.39, 0.29) is 15.5 Å². The Morgan fingerprint density at radius 2 is 2.14 bits per heavy atom. The Hall–Kier alpha value is -1.35. The molecule has 1 N–H and O–H groups in total. The molecule has 0 amide bonds. The fraction of sp³-hybridized carbons (Fsp3) is 0.400. The first kappa shape index (κ1) is 16.0. The van der Waals surface area contributed by atoms with Gasteiger partial charge in [0.25, 0.3) is 0 Å². The second-order valence-electron chi connectivity index (χ2n) is 5.01. The zero-order chi connectivity index (χ0) is 15.3. The summed E-state index contributed by atoms with van der Waals surface area (Å²) < 4.78 is 27.0. The van der Waals surface area contributed by atoms with Crippen LogP contribution >= 0.6 is 11.6 Å². The number of nitriles is 1. The molecule has 1 aliphatic rings. The number of hydrogen-bond donors (Lipinski definition) is 1. The lowest BCUT2D eigenvalue weighted by atomic mass is 9.97. The molecule has 0 aliphatic heterocycles. The molecule has 1 aliphatic carbocycles. The van der Waals surface area contributed by atoms with E-state index in [1.165, 1.54) is 36.6 Å². The van der Waals surface area contributed by atoms with Gasteiger partial charge in [0.2, 0.25) is 10.0 Å². The van der Waals surface area contributed by atoms with Gasteiger partial charge < -0.3 is 0 Å². The molecule has 1 aromatic carbocycles. The van der Waals surface area contributed by atoms with E-state index in [0.29, 0.717) is 6.54 Å². The van der Waals surface area contributed by atoms with Crippen LogP contribution in [-0.4, -0.2) is 15.0 Å². The quantitative estimate of drug-likeness (QED) is 0.844. The Bertz CT molecular complexity index is 690. The minimum absolute atomic E-state index is 0.0409. The van der Waals surface area contributed by atoms with Crippen LogP contribution in [0.2, 0.25) is 5.02 Å².